The summed E-state index contributed by atoms with van der Waals surface area (Å²) < 4.78 is 0. The summed E-state index contributed by atoms with van der Waals surface area (Å²) in [5.74, 6) is 0. The van der Waals surface area contributed by atoms with Gasteiger partial charge in [0.2, 0.25) is 0 Å². The molecule has 102 valence electrons. The zero-order valence-corrected chi connectivity index (χ0v) is 13.0. The van der Waals surface area contributed by atoms with Gasteiger partial charge in [0.15, 0.2) is 0 Å². The van der Waals surface area contributed by atoms with Crippen molar-refractivity contribution in [2.45, 2.75) is 0 Å². The summed E-state index contributed by atoms with van der Waals surface area (Å²) in [5.41, 5.74) is 1.83. The molecule has 0 aliphatic rings. The van der Waals surface area contributed by atoms with Gasteiger partial charge in [-0.3, -0.25) is 9.97 Å². The van der Waals surface area contributed by atoms with Crippen LogP contribution in [0.1, 0.15) is 0 Å². The molecular formula is C13H18N2O2Pt. The summed E-state index contributed by atoms with van der Waals surface area (Å²) in [6.07, 6.45) is 3.54. The molecule has 2 aromatic heterocycles. The van der Waals surface area contributed by atoms with Crippen LogP contribution >= 0.6 is 0 Å². The van der Waals surface area contributed by atoms with Gasteiger partial charge in [-0.05, 0) is 24.3 Å². The third-order valence-electron chi connectivity index (χ3n) is 1.59. The maximum Gasteiger partial charge on any atom is 4.00 e. The van der Waals surface area contributed by atoms with E-state index < -0.39 is 0 Å². The Kier molecular flexibility index (Phi) is 22.7. The Morgan fingerprint density at radius 3 is 1.33 bits per heavy atom. The van der Waals surface area contributed by atoms with Crippen molar-refractivity contribution >= 4 is 0 Å². The van der Waals surface area contributed by atoms with Crippen molar-refractivity contribution < 1.29 is 31.6 Å². The zero-order chi connectivity index (χ0) is 10.2. The smallest absolute Gasteiger partial charge is 0.870 e. The second kappa shape index (κ2) is 15.9. The predicted molar refractivity (Wildman–Crippen MR) is 68.2 cm³/mol. The molecule has 2 rings (SSSR count). The molecule has 4 nitrogen and oxygen atoms in total. The standard InChI is InChI=1S/C10H8N2.CH3O.2CH3.H2O.Pt/c1-3-7-11-9(5-1)10-6-2-4-8-12-10;1-2;;;;/h1-8H;1H3;2*1H3;1H2;/q;3*-1;;+4/p-1. The average molecular weight is 429 g/mol. The largest absolute Gasteiger partial charge is 4.00 e. The van der Waals surface area contributed by atoms with E-state index in [4.69, 9.17) is 5.11 Å². The van der Waals surface area contributed by atoms with E-state index in [1.54, 1.807) is 12.4 Å². The molecule has 0 spiro atoms. The topological polar surface area (TPSA) is 78.8 Å². The van der Waals surface area contributed by atoms with Gasteiger partial charge in [0.05, 0.1) is 11.4 Å². The van der Waals surface area contributed by atoms with Gasteiger partial charge in [-0.25, -0.2) is 0 Å². The van der Waals surface area contributed by atoms with E-state index in [0.717, 1.165) is 18.5 Å². The molecule has 0 amide bonds. The van der Waals surface area contributed by atoms with Gasteiger partial charge < -0.3 is 25.4 Å². The van der Waals surface area contributed by atoms with Crippen LogP contribution in [0.5, 0.6) is 0 Å². The molecule has 5 heteroatoms. The number of pyridine rings is 2. The molecule has 0 saturated carbocycles. The number of hydrogen-bond donors (Lipinski definition) is 0. The molecule has 0 fully saturated rings. The minimum absolute atomic E-state index is 0. The van der Waals surface area contributed by atoms with Gasteiger partial charge >= 0.3 is 21.1 Å². The third-order valence-corrected chi connectivity index (χ3v) is 1.59. The first-order valence-corrected chi connectivity index (χ1v) is 4.20. The Morgan fingerprint density at radius 2 is 1.11 bits per heavy atom. The molecule has 2 aromatic rings. The van der Waals surface area contributed by atoms with Crippen LogP contribution in [-0.4, -0.2) is 22.6 Å². The van der Waals surface area contributed by atoms with Crippen LogP contribution in [-0.2, 0) is 21.1 Å². The number of rotatable bonds is 1. The van der Waals surface area contributed by atoms with Crippen LogP contribution in [0.3, 0.4) is 0 Å². The zero-order valence-electron chi connectivity index (χ0n) is 10.7. The Labute approximate surface area is 124 Å². The van der Waals surface area contributed by atoms with Gasteiger partial charge in [-0.15, -0.1) is 0 Å². The molecular weight excluding hydrogens is 411 g/mol. The molecule has 0 atom stereocenters. The van der Waals surface area contributed by atoms with Gasteiger partial charge in [0.25, 0.3) is 0 Å². The first kappa shape index (κ1) is 25.7. The molecule has 0 aliphatic heterocycles. The van der Waals surface area contributed by atoms with Crippen LogP contribution in [0.2, 0.25) is 0 Å². The predicted octanol–water partition coefficient (Wildman–Crippen LogP) is 1.84. The maximum atomic E-state index is 8.25. The molecule has 2 heterocycles. The van der Waals surface area contributed by atoms with Crippen LogP contribution < -0.4 is 5.11 Å². The monoisotopic (exact) mass is 429 g/mol. The minimum Gasteiger partial charge on any atom is -0.870 e. The fourth-order valence-electron chi connectivity index (χ4n) is 1.03. The van der Waals surface area contributed by atoms with E-state index in [1.165, 1.54) is 0 Å². The number of nitrogens with zero attached hydrogens (tertiary/aromatic N) is 2. The van der Waals surface area contributed by atoms with E-state index in [0.29, 0.717) is 0 Å². The van der Waals surface area contributed by atoms with Crippen molar-refractivity contribution in [2.75, 3.05) is 7.11 Å². The summed E-state index contributed by atoms with van der Waals surface area (Å²) in [6.45, 7) is 0. The second-order valence-corrected chi connectivity index (χ2v) is 2.43. The minimum atomic E-state index is 0. The SMILES string of the molecule is C[O-].[CH3-].[CH3-].[OH-].[Pt+4].c1ccc(-c2ccccn2)nc1. The summed E-state index contributed by atoms with van der Waals surface area (Å²) in [5, 5.41) is 8.25. The molecule has 0 aromatic carbocycles. The molecule has 0 unspecified atom stereocenters. The Hall–Kier alpha value is -1.09. The van der Waals surface area contributed by atoms with E-state index in [-0.39, 0.29) is 41.4 Å². The molecule has 0 bridgehead atoms. The van der Waals surface area contributed by atoms with Gasteiger partial charge in [-0.1, -0.05) is 12.1 Å². The van der Waals surface area contributed by atoms with Crippen molar-refractivity contribution in [3.05, 3.63) is 63.6 Å². The van der Waals surface area contributed by atoms with E-state index in [1.807, 2.05) is 36.4 Å². The first-order chi connectivity index (χ1) is 6.97. The molecule has 18 heavy (non-hydrogen) atoms. The molecule has 1 N–H and O–H groups in total. The first-order valence-electron chi connectivity index (χ1n) is 4.20. The van der Waals surface area contributed by atoms with Crippen molar-refractivity contribution in [3.63, 3.8) is 0 Å². The average Bonchev–Trinajstić information content (AvgIpc) is 2.34. The summed E-state index contributed by atoms with van der Waals surface area (Å²) >= 11 is 0. The van der Waals surface area contributed by atoms with Gasteiger partial charge in [0, 0.05) is 12.4 Å². The van der Waals surface area contributed by atoms with Crippen LogP contribution in [0.15, 0.2) is 48.8 Å². The van der Waals surface area contributed by atoms with Gasteiger partial charge in [0.1, 0.15) is 0 Å². The van der Waals surface area contributed by atoms with Crippen LogP contribution in [0.4, 0.5) is 0 Å². The number of hydrogen-bond acceptors (Lipinski definition) is 4. The van der Waals surface area contributed by atoms with E-state index >= 15 is 0 Å². The van der Waals surface area contributed by atoms with Crippen molar-refractivity contribution in [2.24, 2.45) is 0 Å². The normalized spacial score (nSPS) is 6.78. The van der Waals surface area contributed by atoms with Gasteiger partial charge in [-0.2, -0.15) is 7.11 Å². The third kappa shape index (κ3) is 8.07. The summed E-state index contributed by atoms with van der Waals surface area (Å²) in [4.78, 5) is 8.37. The van der Waals surface area contributed by atoms with Crippen molar-refractivity contribution in [3.8, 4) is 11.4 Å². The Morgan fingerprint density at radius 1 is 0.778 bits per heavy atom. The fraction of sp³-hybridized carbons (Fsp3) is 0.0769. The Balaban J connectivity index is -0.000000156. The fourth-order valence-corrected chi connectivity index (χ4v) is 1.03. The summed E-state index contributed by atoms with van der Waals surface area (Å²) in [7, 11) is 0.750. The van der Waals surface area contributed by atoms with E-state index in [9.17, 15) is 0 Å². The summed E-state index contributed by atoms with van der Waals surface area (Å²) in [6, 6.07) is 11.6. The van der Waals surface area contributed by atoms with Crippen LogP contribution in [0, 0.1) is 14.9 Å². The molecule has 0 radical (unpaired) electrons. The van der Waals surface area contributed by atoms with E-state index in [2.05, 4.69) is 9.97 Å². The molecule has 0 saturated heterocycles. The second-order valence-electron chi connectivity index (χ2n) is 2.43. The quantitative estimate of drug-likeness (QED) is 0.649. The molecule has 0 aliphatic carbocycles. The van der Waals surface area contributed by atoms with Crippen LogP contribution in [0.25, 0.3) is 11.4 Å². The van der Waals surface area contributed by atoms with Crippen molar-refractivity contribution in [1.82, 2.24) is 9.97 Å². The number of aromatic nitrogens is 2. The Bertz CT molecular complexity index is 320. The maximum absolute atomic E-state index is 8.25. The van der Waals surface area contributed by atoms with Crippen molar-refractivity contribution in [1.29, 1.82) is 0 Å².